The molecule has 0 saturated carbocycles. The molecule has 0 amide bonds. The third kappa shape index (κ3) is 3.26. The molecule has 1 unspecified atom stereocenters. The van der Waals surface area contributed by atoms with Gasteiger partial charge >= 0.3 is 0 Å². The maximum absolute atomic E-state index is 13.6. The largest absolute Gasteiger partial charge is 0.321 e. The van der Waals surface area contributed by atoms with Crippen molar-refractivity contribution in [3.05, 3.63) is 68.4 Å². The highest BCUT2D eigenvalue weighted by atomic mass is 35.5. The summed E-state index contributed by atoms with van der Waals surface area (Å²) in [4.78, 5) is 0. The first-order chi connectivity index (χ1) is 9.31. The first-order valence-electron chi connectivity index (χ1n) is 5.98. The highest BCUT2D eigenvalue weighted by Crippen LogP contribution is 2.33. The van der Waals surface area contributed by atoms with Crippen LogP contribution < -0.4 is 5.73 Å². The number of benzene rings is 2. The van der Waals surface area contributed by atoms with E-state index in [-0.39, 0.29) is 5.02 Å². The van der Waals surface area contributed by atoms with Crippen LogP contribution in [0.4, 0.5) is 4.39 Å². The van der Waals surface area contributed by atoms with Crippen molar-refractivity contribution in [3.63, 3.8) is 0 Å². The van der Waals surface area contributed by atoms with Crippen molar-refractivity contribution in [2.45, 2.75) is 18.9 Å². The Morgan fingerprint density at radius 3 is 2.35 bits per heavy atom. The highest BCUT2D eigenvalue weighted by Gasteiger charge is 2.26. The van der Waals surface area contributed by atoms with E-state index in [2.05, 4.69) is 0 Å². The van der Waals surface area contributed by atoms with E-state index in [9.17, 15) is 4.39 Å². The lowest BCUT2D eigenvalue weighted by molar-refractivity contribution is 0.486. The van der Waals surface area contributed by atoms with Crippen LogP contribution >= 0.6 is 34.8 Å². The van der Waals surface area contributed by atoms with Gasteiger partial charge in [0.05, 0.1) is 5.02 Å². The van der Waals surface area contributed by atoms with E-state index >= 15 is 0 Å². The lowest BCUT2D eigenvalue weighted by Crippen LogP contribution is -2.36. The first kappa shape index (κ1) is 15.6. The fourth-order valence-electron chi connectivity index (χ4n) is 2.09. The third-order valence-corrected chi connectivity index (χ3v) is 4.11. The molecule has 5 heteroatoms. The van der Waals surface area contributed by atoms with Gasteiger partial charge in [0.25, 0.3) is 0 Å². The minimum Gasteiger partial charge on any atom is -0.321 e. The van der Waals surface area contributed by atoms with Crippen LogP contribution in [0.5, 0.6) is 0 Å². The average Bonchev–Trinajstić information content (AvgIpc) is 2.36. The molecule has 2 N–H and O–H groups in total. The van der Waals surface area contributed by atoms with Gasteiger partial charge in [-0.2, -0.15) is 0 Å². The average molecular weight is 333 g/mol. The molecule has 0 fully saturated rings. The van der Waals surface area contributed by atoms with Crippen LogP contribution in [0.25, 0.3) is 0 Å². The number of rotatable bonds is 3. The van der Waals surface area contributed by atoms with Gasteiger partial charge in [-0.1, -0.05) is 53.0 Å². The van der Waals surface area contributed by atoms with Crippen molar-refractivity contribution in [2.24, 2.45) is 5.73 Å². The van der Waals surface area contributed by atoms with Crippen molar-refractivity contribution < 1.29 is 4.39 Å². The topological polar surface area (TPSA) is 26.0 Å². The minimum absolute atomic E-state index is 0.0210. The standard InChI is InChI=1S/C15H13Cl3FN/c1-15(20,8-9-4-2-3-5-11(9)16)10-6-14(19)13(18)7-12(10)17/h2-7H,8,20H2,1H3. The van der Waals surface area contributed by atoms with E-state index in [1.54, 1.807) is 13.0 Å². The van der Waals surface area contributed by atoms with Gasteiger partial charge in [-0.05, 0) is 42.7 Å². The van der Waals surface area contributed by atoms with Crippen LogP contribution in [0.15, 0.2) is 36.4 Å². The second kappa shape index (κ2) is 5.90. The molecule has 2 rings (SSSR count). The van der Waals surface area contributed by atoms with Gasteiger partial charge in [0.15, 0.2) is 0 Å². The second-order valence-electron chi connectivity index (χ2n) is 4.93. The van der Waals surface area contributed by atoms with E-state index in [1.165, 1.54) is 12.1 Å². The molecule has 0 saturated heterocycles. The zero-order chi connectivity index (χ0) is 14.9. The Balaban J connectivity index is 2.40. The summed E-state index contributed by atoms with van der Waals surface area (Å²) < 4.78 is 13.6. The van der Waals surface area contributed by atoms with Crippen LogP contribution in [-0.4, -0.2) is 0 Å². The molecule has 106 valence electrons. The van der Waals surface area contributed by atoms with Gasteiger partial charge in [0.2, 0.25) is 0 Å². The Kier molecular flexibility index (Phi) is 4.60. The lowest BCUT2D eigenvalue weighted by Gasteiger charge is -2.27. The zero-order valence-electron chi connectivity index (χ0n) is 10.8. The van der Waals surface area contributed by atoms with Gasteiger partial charge in [0.1, 0.15) is 5.82 Å². The molecule has 1 atom stereocenters. The molecule has 0 radical (unpaired) electrons. The van der Waals surface area contributed by atoms with Crippen molar-refractivity contribution in [1.82, 2.24) is 0 Å². The fourth-order valence-corrected chi connectivity index (χ4v) is 2.89. The van der Waals surface area contributed by atoms with Crippen molar-refractivity contribution in [2.75, 3.05) is 0 Å². The number of halogens is 4. The Morgan fingerprint density at radius 1 is 1.05 bits per heavy atom. The van der Waals surface area contributed by atoms with E-state index in [1.807, 2.05) is 18.2 Å². The van der Waals surface area contributed by atoms with Gasteiger partial charge in [-0.25, -0.2) is 4.39 Å². The maximum atomic E-state index is 13.6. The van der Waals surface area contributed by atoms with Crippen molar-refractivity contribution in [1.29, 1.82) is 0 Å². The summed E-state index contributed by atoms with van der Waals surface area (Å²) in [6.45, 7) is 1.78. The third-order valence-electron chi connectivity index (χ3n) is 3.14. The lowest BCUT2D eigenvalue weighted by atomic mass is 9.86. The molecular formula is C15H13Cl3FN. The molecule has 0 aliphatic heterocycles. The summed E-state index contributed by atoms with van der Waals surface area (Å²) in [6, 6.07) is 10.0. The van der Waals surface area contributed by atoms with Crippen LogP contribution in [0, 0.1) is 5.82 Å². The van der Waals surface area contributed by atoms with Crippen LogP contribution in [0.3, 0.4) is 0 Å². The zero-order valence-corrected chi connectivity index (χ0v) is 13.0. The Labute approximate surface area is 132 Å². The molecule has 0 heterocycles. The number of hydrogen-bond donors (Lipinski definition) is 1. The van der Waals surface area contributed by atoms with Crippen molar-refractivity contribution in [3.8, 4) is 0 Å². The summed E-state index contributed by atoms with van der Waals surface area (Å²) in [6.07, 6.45) is 0.438. The molecule has 20 heavy (non-hydrogen) atoms. The first-order valence-corrected chi connectivity index (χ1v) is 7.12. The quantitative estimate of drug-likeness (QED) is 0.768. The molecule has 2 aromatic carbocycles. The van der Waals surface area contributed by atoms with E-state index in [0.717, 1.165) is 5.56 Å². The minimum atomic E-state index is -0.854. The number of hydrogen-bond acceptors (Lipinski definition) is 1. The summed E-state index contributed by atoms with van der Waals surface area (Å²) in [7, 11) is 0. The molecule has 0 aliphatic carbocycles. The molecule has 0 spiro atoms. The Morgan fingerprint density at radius 2 is 1.70 bits per heavy atom. The Hall–Kier alpha value is -0.800. The number of nitrogens with two attached hydrogens (primary N) is 1. The molecule has 0 aromatic heterocycles. The van der Waals surface area contributed by atoms with Crippen LogP contribution in [-0.2, 0) is 12.0 Å². The van der Waals surface area contributed by atoms with Crippen molar-refractivity contribution >= 4 is 34.8 Å². The van der Waals surface area contributed by atoms with Crippen LogP contribution in [0.2, 0.25) is 15.1 Å². The van der Waals surface area contributed by atoms with E-state index in [4.69, 9.17) is 40.5 Å². The van der Waals surface area contributed by atoms with Gasteiger partial charge in [-0.3, -0.25) is 0 Å². The summed E-state index contributed by atoms with van der Waals surface area (Å²) in [5.41, 5.74) is 6.83. The summed E-state index contributed by atoms with van der Waals surface area (Å²) >= 11 is 18.0. The summed E-state index contributed by atoms with van der Waals surface area (Å²) in [5.74, 6) is -0.540. The van der Waals surface area contributed by atoms with Gasteiger partial charge in [-0.15, -0.1) is 0 Å². The molecular weight excluding hydrogens is 320 g/mol. The fraction of sp³-hybridized carbons (Fsp3) is 0.200. The maximum Gasteiger partial charge on any atom is 0.142 e. The van der Waals surface area contributed by atoms with E-state index < -0.39 is 11.4 Å². The Bertz CT molecular complexity index is 641. The summed E-state index contributed by atoms with van der Waals surface area (Å²) in [5, 5.41) is 0.940. The predicted octanol–water partition coefficient (Wildman–Crippen LogP) is 5.20. The second-order valence-corrected chi connectivity index (χ2v) is 6.15. The predicted molar refractivity (Wildman–Crippen MR) is 83.1 cm³/mol. The van der Waals surface area contributed by atoms with E-state index in [0.29, 0.717) is 22.0 Å². The normalized spacial score (nSPS) is 14.1. The smallest absolute Gasteiger partial charge is 0.142 e. The molecule has 2 aromatic rings. The van der Waals surface area contributed by atoms with Gasteiger partial charge in [0, 0.05) is 15.6 Å². The molecule has 0 bridgehead atoms. The molecule has 1 nitrogen and oxygen atoms in total. The SMILES string of the molecule is CC(N)(Cc1ccccc1Cl)c1cc(F)c(Cl)cc1Cl. The van der Waals surface area contributed by atoms with Gasteiger partial charge < -0.3 is 5.73 Å². The highest BCUT2D eigenvalue weighted by molar-refractivity contribution is 6.35. The van der Waals surface area contributed by atoms with Crippen LogP contribution in [0.1, 0.15) is 18.1 Å². The monoisotopic (exact) mass is 331 g/mol. The molecule has 0 aliphatic rings.